The van der Waals surface area contributed by atoms with E-state index in [-0.39, 0.29) is 16.2 Å². The average Bonchev–Trinajstić information content (AvgIpc) is 2.30. The first-order valence-corrected chi connectivity index (χ1v) is 6.07. The average molecular weight is 255 g/mol. The van der Waals surface area contributed by atoms with Gasteiger partial charge in [-0.25, -0.2) is 4.39 Å². The number of hydrogen-bond acceptors (Lipinski definition) is 2. The first-order chi connectivity index (χ1) is 7.85. The number of benzene rings is 1. The van der Waals surface area contributed by atoms with Crippen molar-refractivity contribution in [3.63, 3.8) is 0 Å². The van der Waals surface area contributed by atoms with E-state index in [1.54, 1.807) is 0 Å². The Kier molecular flexibility index (Phi) is 4.57. The zero-order chi connectivity index (χ0) is 13.1. The highest BCUT2D eigenvalue weighted by atomic mass is 32.1. The Hall–Kier alpha value is -1.03. The number of amides is 1. The molecule has 1 aromatic rings. The fourth-order valence-electron chi connectivity index (χ4n) is 1.20. The lowest BCUT2D eigenvalue weighted by molar-refractivity contribution is 0.0935. The molecule has 0 fully saturated rings. The van der Waals surface area contributed by atoms with Crippen LogP contribution in [0.2, 0.25) is 0 Å². The molecule has 0 aliphatic carbocycles. The van der Waals surface area contributed by atoms with Gasteiger partial charge in [0.2, 0.25) is 0 Å². The molecular weight excluding hydrogens is 237 g/mol. The lowest BCUT2D eigenvalue weighted by Gasteiger charge is -2.22. The summed E-state index contributed by atoms with van der Waals surface area (Å²) in [6, 6.07) is 4.15. The van der Waals surface area contributed by atoms with Crippen LogP contribution in [0.5, 0.6) is 0 Å². The van der Waals surface area contributed by atoms with Crippen LogP contribution in [-0.4, -0.2) is 12.5 Å². The molecule has 0 atom stereocenters. The van der Waals surface area contributed by atoms with E-state index in [1.807, 2.05) is 0 Å². The fourth-order valence-corrected chi connectivity index (χ4v) is 1.41. The molecule has 0 heterocycles. The molecular formula is C13H18FNOS. The third kappa shape index (κ3) is 4.04. The highest BCUT2D eigenvalue weighted by Gasteiger charge is 2.17. The molecule has 4 heteroatoms. The fraction of sp³-hybridized carbons (Fsp3) is 0.462. The smallest absolute Gasteiger partial charge is 0.251 e. The summed E-state index contributed by atoms with van der Waals surface area (Å²) >= 11 is 3.95. The topological polar surface area (TPSA) is 29.1 Å². The molecule has 2 nitrogen and oxygen atoms in total. The number of nitrogens with one attached hydrogen (secondary N) is 1. The summed E-state index contributed by atoms with van der Waals surface area (Å²) < 4.78 is 13.0. The predicted molar refractivity (Wildman–Crippen MR) is 70.1 cm³/mol. The molecule has 0 bridgehead atoms. The summed E-state index contributed by atoms with van der Waals surface area (Å²) in [7, 11) is 0. The Morgan fingerprint density at radius 3 is 2.65 bits per heavy atom. The van der Waals surface area contributed by atoms with Gasteiger partial charge in [0.05, 0.1) is 0 Å². The van der Waals surface area contributed by atoms with Crippen molar-refractivity contribution in [3.05, 3.63) is 29.6 Å². The molecule has 0 radical (unpaired) electrons. The van der Waals surface area contributed by atoms with E-state index >= 15 is 0 Å². The molecule has 1 amide bonds. The van der Waals surface area contributed by atoms with Gasteiger partial charge >= 0.3 is 0 Å². The van der Waals surface area contributed by atoms with E-state index in [2.05, 4.69) is 38.7 Å². The lowest BCUT2D eigenvalue weighted by atomic mass is 9.90. The van der Waals surface area contributed by atoms with E-state index in [9.17, 15) is 9.18 Å². The summed E-state index contributed by atoms with van der Waals surface area (Å²) in [5, 5.41) is 2.84. The zero-order valence-electron chi connectivity index (χ0n) is 10.4. The number of rotatable bonds is 4. The number of hydrogen-bond donors (Lipinski definition) is 2. The zero-order valence-corrected chi connectivity index (χ0v) is 11.3. The Morgan fingerprint density at radius 2 is 2.12 bits per heavy atom. The van der Waals surface area contributed by atoms with Gasteiger partial charge in [0, 0.05) is 17.0 Å². The van der Waals surface area contributed by atoms with Gasteiger partial charge in [-0.15, -0.1) is 12.6 Å². The van der Waals surface area contributed by atoms with Crippen molar-refractivity contribution in [1.29, 1.82) is 0 Å². The van der Waals surface area contributed by atoms with Crippen LogP contribution in [-0.2, 0) is 0 Å². The van der Waals surface area contributed by atoms with Crippen molar-refractivity contribution in [2.24, 2.45) is 5.41 Å². The molecule has 0 unspecified atom stereocenters. The second-order valence-corrected chi connectivity index (χ2v) is 5.35. The van der Waals surface area contributed by atoms with Crippen LogP contribution in [0, 0.1) is 11.2 Å². The van der Waals surface area contributed by atoms with Crippen molar-refractivity contribution in [2.75, 3.05) is 6.54 Å². The second-order valence-electron chi connectivity index (χ2n) is 4.87. The Labute approximate surface area is 107 Å². The quantitative estimate of drug-likeness (QED) is 0.794. The maximum absolute atomic E-state index is 13.0. The molecule has 0 aliphatic heterocycles. The largest absolute Gasteiger partial charge is 0.352 e. The first kappa shape index (κ1) is 14.0. The van der Waals surface area contributed by atoms with Crippen LogP contribution >= 0.6 is 12.6 Å². The van der Waals surface area contributed by atoms with Gasteiger partial charge in [-0.05, 0) is 30.0 Å². The van der Waals surface area contributed by atoms with Gasteiger partial charge in [0.25, 0.3) is 5.91 Å². The molecule has 94 valence electrons. The van der Waals surface area contributed by atoms with E-state index in [4.69, 9.17) is 0 Å². The molecule has 1 aromatic carbocycles. The van der Waals surface area contributed by atoms with Gasteiger partial charge in [0.1, 0.15) is 5.82 Å². The van der Waals surface area contributed by atoms with Crippen molar-refractivity contribution in [2.45, 2.75) is 32.1 Å². The third-order valence-electron chi connectivity index (χ3n) is 2.89. The van der Waals surface area contributed by atoms with Crippen LogP contribution in [0.25, 0.3) is 0 Å². The van der Waals surface area contributed by atoms with Crippen molar-refractivity contribution >= 4 is 18.5 Å². The van der Waals surface area contributed by atoms with Gasteiger partial charge in [0.15, 0.2) is 0 Å². The summed E-state index contributed by atoms with van der Waals surface area (Å²) in [5.41, 5.74) is 0.503. The molecule has 1 N–H and O–H groups in total. The molecule has 17 heavy (non-hydrogen) atoms. The van der Waals surface area contributed by atoms with Crippen LogP contribution in [0.3, 0.4) is 0 Å². The minimum atomic E-state index is -0.418. The van der Waals surface area contributed by atoms with Crippen molar-refractivity contribution < 1.29 is 9.18 Å². The molecule has 0 spiro atoms. The predicted octanol–water partition coefficient (Wildman–Crippen LogP) is 3.28. The summed E-state index contributed by atoms with van der Waals surface area (Å²) in [6.45, 7) is 6.85. The summed E-state index contributed by atoms with van der Waals surface area (Å²) in [5.74, 6) is -0.611. The van der Waals surface area contributed by atoms with Crippen molar-refractivity contribution in [3.8, 4) is 0 Å². The Balaban J connectivity index is 2.68. The van der Waals surface area contributed by atoms with Gasteiger partial charge < -0.3 is 5.32 Å². The Bertz CT molecular complexity index is 418. The number of halogens is 1. The maximum Gasteiger partial charge on any atom is 0.251 e. The van der Waals surface area contributed by atoms with Crippen LogP contribution < -0.4 is 5.32 Å². The van der Waals surface area contributed by atoms with E-state index in [0.29, 0.717) is 12.1 Å². The van der Waals surface area contributed by atoms with Crippen LogP contribution in [0.4, 0.5) is 4.39 Å². The Morgan fingerprint density at radius 1 is 1.47 bits per heavy atom. The lowest BCUT2D eigenvalue weighted by Crippen LogP contribution is -2.33. The summed E-state index contributed by atoms with van der Waals surface area (Å²) in [6.07, 6.45) is 0.981. The third-order valence-corrected chi connectivity index (χ3v) is 3.24. The SMILES string of the molecule is CCC(C)(C)CNC(=O)c1ccc(F)c(S)c1. The highest BCUT2D eigenvalue weighted by Crippen LogP contribution is 2.18. The number of carbonyl (C=O) groups is 1. The second kappa shape index (κ2) is 5.54. The standard InChI is InChI=1S/C13H18FNOS/c1-4-13(2,3)8-15-12(16)9-5-6-10(14)11(17)7-9/h5-7,17H,4,8H2,1-3H3,(H,15,16). The number of carbonyl (C=O) groups excluding carboxylic acids is 1. The minimum absolute atomic E-state index is 0.0689. The monoisotopic (exact) mass is 255 g/mol. The van der Waals surface area contributed by atoms with Gasteiger partial charge in [-0.2, -0.15) is 0 Å². The normalized spacial score (nSPS) is 11.4. The molecule has 0 aliphatic rings. The molecule has 1 rings (SSSR count). The summed E-state index contributed by atoms with van der Waals surface area (Å²) in [4.78, 5) is 12.0. The maximum atomic E-state index is 13.0. The first-order valence-electron chi connectivity index (χ1n) is 5.62. The van der Waals surface area contributed by atoms with E-state index in [0.717, 1.165) is 6.42 Å². The van der Waals surface area contributed by atoms with Crippen molar-refractivity contribution in [1.82, 2.24) is 5.32 Å². The van der Waals surface area contributed by atoms with Gasteiger partial charge in [-0.1, -0.05) is 20.8 Å². The minimum Gasteiger partial charge on any atom is -0.352 e. The van der Waals surface area contributed by atoms with E-state index < -0.39 is 5.82 Å². The molecule has 0 saturated heterocycles. The number of thiol groups is 1. The highest BCUT2D eigenvalue weighted by molar-refractivity contribution is 7.80. The van der Waals surface area contributed by atoms with E-state index in [1.165, 1.54) is 18.2 Å². The molecule has 0 aromatic heterocycles. The van der Waals surface area contributed by atoms with Gasteiger partial charge in [-0.3, -0.25) is 4.79 Å². The molecule has 0 saturated carbocycles. The van der Waals surface area contributed by atoms with Crippen LogP contribution in [0.15, 0.2) is 23.1 Å². The van der Waals surface area contributed by atoms with Crippen LogP contribution in [0.1, 0.15) is 37.6 Å².